The van der Waals surface area contributed by atoms with Crippen molar-refractivity contribution in [3.63, 3.8) is 0 Å². The Hall–Kier alpha value is -1.59. The first kappa shape index (κ1) is 9.41. The fraction of sp³-hybridized carbons (Fsp3) is 0.400. The molecule has 0 heterocycles. The monoisotopic (exact) mass is 160 g/mol. The van der Waals surface area contributed by atoms with Gasteiger partial charge in [-0.1, -0.05) is 0 Å². The van der Waals surface area contributed by atoms with Crippen LogP contribution in [0.25, 0.3) is 0 Å². The lowest BCUT2D eigenvalue weighted by molar-refractivity contribution is -0.140. The fourth-order valence-corrected chi connectivity index (χ4v) is 0.466. The van der Waals surface area contributed by atoms with Crippen molar-refractivity contribution in [3.8, 4) is 0 Å². The molecule has 62 valence electrons. The van der Waals surface area contributed by atoms with Gasteiger partial charge in [0, 0.05) is 6.54 Å². The van der Waals surface area contributed by atoms with Crippen LogP contribution in [-0.2, 0) is 14.4 Å². The van der Waals surface area contributed by atoms with Gasteiger partial charge in [-0.3, -0.25) is 9.59 Å². The molecule has 0 radical (unpaired) electrons. The minimum absolute atomic E-state index is 0.114. The standard InChI is InChI=1S/C5H8N2O4/c8-2-6-1-4(5(10)11)7-3-9/h2-4H,1H2,(H,6,8)(H,7,9)(H,10,11). The zero-order valence-corrected chi connectivity index (χ0v) is 5.61. The van der Waals surface area contributed by atoms with Gasteiger partial charge in [0.2, 0.25) is 12.8 Å². The average molecular weight is 160 g/mol. The van der Waals surface area contributed by atoms with Gasteiger partial charge >= 0.3 is 5.97 Å². The quantitative estimate of drug-likeness (QED) is 0.389. The molecule has 0 rings (SSSR count). The molecular weight excluding hydrogens is 152 g/mol. The van der Waals surface area contributed by atoms with Gasteiger partial charge < -0.3 is 15.7 Å². The van der Waals surface area contributed by atoms with Gasteiger partial charge in [-0.25, -0.2) is 4.79 Å². The van der Waals surface area contributed by atoms with Gasteiger partial charge in [-0.15, -0.1) is 0 Å². The summed E-state index contributed by atoms with van der Waals surface area (Å²) in [6.07, 6.45) is 0.633. The number of hydrogen-bond acceptors (Lipinski definition) is 3. The van der Waals surface area contributed by atoms with Crippen LogP contribution in [0.1, 0.15) is 0 Å². The molecule has 0 bridgehead atoms. The van der Waals surface area contributed by atoms with E-state index >= 15 is 0 Å². The maximum absolute atomic E-state index is 10.2. The molecule has 0 spiro atoms. The van der Waals surface area contributed by atoms with Crippen molar-refractivity contribution in [2.75, 3.05) is 6.54 Å². The lowest BCUT2D eigenvalue weighted by Crippen LogP contribution is -2.43. The smallest absolute Gasteiger partial charge is 0.328 e. The molecule has 2 amide bonds. The van der Waals surface area contributed by atoms with E-state index in [1.807, 2.05) is 5.32 Å². The van der Waals surface area contributed by atoms with Crippen molar-refractivity contribution in [3.05, 3.63) is 0 Å². The molecule has 0 fully saturated rings. The molecule has 0 saturated carbocycles. The van der Waals surface area contributed by atoms with E-state index in [9.17, 15) is 14.4 Å². The van der Waals surface area contributed by atoms with Crippen LogP contribution in [-0.4, -0.2) is 36.5 Å². The number of carboxylic acid groups (broad SMARTS) is 1. The maximum Gasteiger partial charge on any atom is 0.328 e. The van der Waals surface area contributed by atoms with Crippen molar-refractivity contribution in [2.45, 2.75) is 6.04 Å². The Morgan fingerprint density at radius 2 is 2.09 bits per heavy atom. The molecule has 3 N–H and O–H groups in total. The summed E-state index contributed by atoms with van der Waals surface area (Å²) in [5.74, 6) is -1.19. The van der Waals surface area contributed by atoms with Crippen molar-refractivity contribution in [2.24, 2.45) is 0 Å². The highest BCUT2D eigenvalue weighted by Crippen LogP contribution is 1.78. The van der Waals surface area contributed by atoms with Gasteiger partial charge in [0.25, 0.3) is 0 Å². The van der Waals surface area contributed by atoms with Crippen LogP contribution in [0.5, 0.6) is 0 Å². The van der Waals surface area contributed by atoms with Crippen LogP contribution in [0.2, 0.25) is 0 Å². The summed E-state index contributed by atoms with van der Waals surface area (Å²) in [6.45, 7) is -0.114. The van der Waals surface area contributed by atoms with Crippen LogP contribution in [0.3, 0.4) is 0 Å². The first-order valence-electron chi connectivity index (χ1n) is 2.82. The molecule has 0 aromatic carbocycles. The summed E-state index contributed by atoms with van der Waals surface area (Å²) >= 11 is 0. The predicted molar refractivity (Wildman–Crippen MR) is 34.7 cm³/mol. The number of carboxylic acids is 1. The molecule has 0 aliphatic carbocycles. The topological polar surface area (TPSA) is 95.5 Å². The molecule has 0 aliphatic rings. The van der Waals surface area contributed by atoms with Gasteiger partial charge in [-0.05, 0) is 0 Å². The molecule has 0 aromatic rings. The van der Waals surface area contributed by atoms with Crippen LogP contribution in [0.4, 0.5) is 0 Å². The van der Waals surface area contributed by atoms with Gasteiger partial charge in [0.15, 0.2) is 0 Å². The van der Waals surface area contributed by atoms with Crippen molar-refractivity contribution < 1.29 is 19.5 Å². The van der Waals surface area contributed by atoms with E-state index in [4.69, 9.17) is 5.11 Å². The summed E-state index contributed by atoms with van der Waals surface area (Å²) in [4.78, 5) is 29.7. The summed E-state index contributed by atoms with van der Waals surface area (Å²) in [5.41, 5.74) is 0. The summed E-state index contributed by atoms with van der Waals surface area (Å²) in [6, 6.07) is -1.06. The van der Waals surface area contributed by atoms with E-state index in [0.717, 1.165) is 0 Å². The number of aliphatic carboxylic acids is 1. The van der Waals surface area contributed by atoms with Crippen LogP contribution in [0.15, 0.2) is 0 Å². The fourth-order valence-electron chi connectivity index (χ4n) is 0.466. The molecule has 0 aromatic heterocycles. The Labute approximate surface area is 62.6 Å². The lowest BCUT2D eigenvalue weighted by Gasteiger charge is -2.08. The Bertz CT molecular complexity index is 159. The van der Waals surface area contributed by atoms with Crippen molar-refractivity contribution in [1.82, 2.24) is 10.6 Å². The van der Waals surface area contributed by atoms with E-state index in [-0.39, 0.29) is 13.0 Å². The number of hydrogen-bond donors (Lipinski definition) is 3. The Kier molecular flexibility index (Phi) is 4.46. The minimum Gasteiger partial charge on any atom is -0.480 e. The molecule has 0 aliphatic heterocycles. The second-order valence-electron chi connectivity index (χ2n) is 1.70. The molecule has 6 nitrogen and oxygen atoms in total. The van der Waals surface area contributed by atoms with Gasteiger partial charge in [0.05, 0.1) is 0 Å². The number of amides is 2. The lowest BCUT2D eigenvalue weighted by atomic mass is 10.3. The number of carbonyl (C=O) groups is 3. The SMILES string of the molecule is O=CNCC(NC=O)C(=O)O. The maximum atomic E-state index is 10.2. The first-order valence-corrected chi connectivity index (χ1v) is 2.82. The number of carbonyl (C=O) groups excluding carboxylic acids is 2. The normalized spacial score (nSPS) is 11.3. The first-order chi connectivity index (χ1) is 5.22. The number of nitrogens with one attached hydrogen (secondary N) is 2. The average Bonchev–Trinajstić information content (AvgIpc) is 1.97. The van der Waals surface area contributed by atoms with Crippen LogP contribution >= 0.6 is 0 Å². The van der Waals surface area contributed by atoms with E-state index in [1.54, 1.807) is 0 Å². The largest absolute Gasteiger partial charge is 0.480 e. The molecule has 1 atom stereocenters. The number of rotatable bonds is 6. The van der Waals surface area contributed by atoms with Crippen molar-refractivity contribution >= 4 is 18.8 Å². The highest BCUT2D eigenvalue weighted by molar-refractivity contribution is 5.76. The summed E-state index contributed by atoms with van der Waals surface area (Å²) in [7, 11) is 0. The zero-order valence-electron chi connectivity index (χ0n) is 5.61. The third-order valence-electron chi connectivity index (χ3n) is 0.973. The highest BCUT2D eigenvalue weighted by Gasteiger charge is 2.14. The Balaban J connectivity index is 3.77. The van der Waals surface area contributed by atoms with E-state index < -0.39 is 12.0 Å². The second-order valence-corrected chi connectivity index (χ2v) is 1.70. The summed E-state index contributed by atoms with van der Waals surface area (Å²) in [5, 5.41) is 12.5. The van der Waals surface area contributed by atoms with Crippen LogP contribution < -0.4 is 10.6 Å². The molecule has 1 unspecified atom stereocenters. The molecule has 0 saturated heterocycles. The second kappa shape index (κ2) is 5.21. The predicted octanol–water partition coefficient (Wildman–Crippen LogP) is -2.07. The third-order valence-corrected chi connectivity index (χ3v) is 0.973. The Morgan fingerprint density at radius 3 is 2.45 bits per heavy atom. The van der Waals surface area contributed by atoms with Crippen molar-refractivity contribution in [1.29, 1.82) is 0 Å². The third kappa shape index (κ3) is 3.90. The zero-order chi connectivity index (χ0) is 8.69. The minimum atomic E-state index is -1.19. The summed E-state index contributed by atoms with van der Waals surface area (Å²) < 4.78 is 0. The van der Waals surface area contributed by atoms with E-state index in [1.165, 1.54) is 0 Å². The highest BCUT2D eigenvalue weighted by atomic mass is 16.4. The molecule has 11 heavy (non-hydrogen) atoms. The van der Waals surface area contributed by atoms with Crippen LogP contribution in [0, 0.1) is 0 Å². The molecule has 6 heteroatoms. The molecular formula is C5H8N2O4. The van der Waals surface area contributed by atoms with Gasteiger partial charge in [0.1, 0.15) is 6.04 Å². The van der Waals surface area contributed by atoms with E-state index in [0.29, 0.717) is 6.41 Å². The van der Waals surface area contributed by atoms with E-state index in [2.05, 4.69) is 5.32 Å². The van der Waals surface area contributed by atoms with Gasteiger partial charge in [-0.2, -0.15) is 0 Å². The Morgan fingerprint density at radius 1 is 1.45 bits per heavy atom.